The fourth-order valence-corrected chi connectivity index (χ4v) is 2.34. The molecule has 1 heterocycles. The summed E-state index contributed by atoms with van der Waals surface area (Å²) in [7, 11) is 0. The Labute approximate surface area is 101 Å². The molecule has 0 fully saturated rings. The molecular formula is C14H17NO2. The van der Waals surface area contributed by atoms with Crippen LogP contribution in [-0.4, -0.2) is 28.1 Å². The van der Waals surface area contributed by atoms with Gasteiger partial charge in [0, 0.05) is 12.6 Å². The first-order valence-electron chi connectivity index (χ1n) is 5.81. The van der Waals surface area contributed by atoms with Gasteiger partial charge in [-0.15, -0.1) is 6.58 Å². The van der Waals surface area contributed by atoms with Gasteiger partial charge in [0.15, 0.2) is 0 Å². The average molecular weight is 231 g/mol. The molecule has 17 heavy (non-hydrogen) atoms. The Morgan fingerprint density at radius 2 is 2.18 bits per heavy atom. The fourth-order valence-electron chi connectivity index (χ4n) is 2.34. The van der Waals surface area contributed by atoms with E-state index in [-0.39, 0.29) is 6.04 Å². The molecule has 0 amide bonds. The summed E-state index contributed by atoms with van der Waals surface area (Å²) in [5.41, 5.74) is 2.37. The van der Waals surface area contributed by atoms with Gasteiger partial charge in [0.2, 0.25) is 0 Å². The Morgan fingerprint density at radius 3 is 2.76 bits per heavy atom. The Balaban J connectivity index is 2.34. The maximum atomic E-state index is 11.3. The summed E-state index contributed by atoms with van der Waals surface area (Å²) in [5, 5.41) is 9.30. The van der Waals surface area contributed by atoms with Crippen molar-refractivity contribution in [3.05, 3.63) is 48.0 Å². The normalized spacial score (nSPS) is 21.6. The zero-order valence-electron chi connectivity index (χ0n) is 9.97. The molecule has 1 aliphatic rings. The predicted octanol–water partition coefficient (Wildman–Crippen LogP) is 2.07. The third-order valence-electron chi connectivity index (χ3n) is 3.43. The molecule has 0 saturated heterocycles. The highest BCUT2D eigenvalue weighted by atomic mass is 16.4. The quantitative estimate of drug-likeness (QED) is 0.810. The Morgan fingerprint density at radius 1 is 1.53 bits per heavy atom. The second kappa shape index (κ2) is 4.72. The van der Waals surface area contributed by atoms with Crippen molar-refractivity contribution in [1.82, 2.24) is 4.90 Å². The van der Waals surface area contributed by atoms with Crippen LogP contribution in [0.4, 0.5) is 0 Å². The van der Waals surface area contributed by atoms with Crippen LogP contribution < -0.4 is 0 Å². The number of carboxylic acids is 1. The molecule has 0 saturated carbocycles. The molecule has 1 N–H and O–H groups in total. The smallest absolute Gasteiger partial charge is 0.321 e. The summed E-state index contributed by atoms with van der Waals surface area (Å²) in [6.07, 6.45) is 2.37. The molecule has 2 unspecified atom stereocenters. The van der Waals surface area contributed by atoms with Crippen molar-refractivity contribution in [2.24, 2.45) is 0 Å². The zero-order chi connectivity index (χ0) is 12.4. The van der Waals surface area contributed by atoms with E-state index in [4.69, 9.17) is 0 Å². The maximum absolute atomic E-state index is 11.3. The van der Waals surface area contributed by atoms with Crippen LogP contribution >= 0.6 is 0 Å². The molecule has 3 heteroatoms. The molecule has 2 atom stereocenters. The van der Waals surface area contributed by atoms with E-state index in [0.717, 1.165) is 5.56 Å². The lowest BCUT2D eigenvalue weighted by atomic mass is 9.93. The summed E-state index contributed by atoms with van der Waals surface area (Å²) < 4.78 is 0. The van der Waals surface area contributed by atoms with E-state index >= 15 is 0 Å². The number of fused-ring (bicyclic) bond motifs is 1. The van der Waals surface area contributed by atoms with Gasteiger partial charge in [-0.2, -0.15) is 0 Å². The second-order valence-corrected chi connectivity index (χ2v) is 4.48. The Hall–Kier alpha value is -1.61. The number of hydrogen-bond acceptors (Lipinski definition) is 2. The van der Waals surface area contributed by atoms with Crippen LogP contribution in [0.1, 0.15) is 18.1 Å². The first-order chi connectivity index (χ1) is 8.13. The van der Waals surface area contributed by atoms with Gasteiger partial charge in [-0.3, -0.25) is 9.69 Å². The SMILES string of the molecule is C=CC(C)N1Cc2ccccc2CC1C(=O)O. The van der Waals surface area contributed by atoms with E-state index in [1.54, 1.807) is 6.08 Å². The predicted molar refractivity (Wildman–Crippen MR) is 66.8 cm³/mol. The van der Waals surface area contributed by atoms with Crippen LogP contribution in [0.5, 0.6) is 0 Å². The van der Waals surface area contributed by atoms with Crippen molar-refractivity contribution in [2.75, 3.05) is 0 Å². The first kappa shape index (κ1) is 11.9. The molecule has 0 aromatic heterocycles. The lowest BCUT2D eigenvalue weighted by molar-refractivity contribution is -0.144. The number of nitrogens with zero attached hydrogens (tertiary/aromatic N) is 1. The molecule has 90 valence electrons. The number of carbonyl (C=O) groups is 1. The summed E-state index contributed by atoms with van der Waals surface area (Å²) in [5.74, 6) is -0.756. The lowest BCUT2D eigenvalue weighted by Crippen LogP contribution is -2.49. The van der Waals surface area contributed by atoms with E-state index in [0.29, 0.717) is 13.0 Å². The number of rotatable bonds is 3. The largest absolute Gasteiger partial charge is 0.480 e. The molecule has 1 aromatic rings. The third kappa shape index (κ3) is 2.24. The van der Waals surface area contributed by atoms with Crippen LogP contribution in [0, 0.1) is 0 Å². The van der Waals surface area contributed by atoms with Gasteiger partial charge in [-0.25, -0.2) is 0 Å². The van der Waals surface area contributed by atoms with Crippen LogP contribution in [0.2, 0.25) is 0 Å². The lowest BCUT2D eigenvalue weighted by Gasteiger charge is -2.37. The minimum Gasteiger partial charge on any atom is -0.480 e. The van der Waals surface area contributed by atoms with Gasteiger partial charge in [-0.1, -0.05) is 30.3 Å². The van der Waals surface area contributed by atoms with Crippen LogP contribution in [-0.2, 0) is 17.8 Å². The molecule has 0 aliphatic carbocycles. The molecule has 3 nitrogen and oxygen atoms in total. The fraction of sp³-hybridized carbons (Fsp3) is 0.357. The van der Waals surface area contributed by atoms with Crippen molar-refractivity contribution < 1.29 is 9.90 Å². The van der Waals surface area contributed by atoms with Gasteiger partial charge in [0.25, 0.3) is 0 Å². The van der Waals surface area contributed by atoms with E-state index < -0.39 is 12.0 Å². The van der Waals surface area contributed by atoms with Crippen molar-refractivity contribution in [3.8, 4) is 0 Å². The number of hydrogen-bond donors (Lipinski definition) is 1. The topological polar surface area (TPSA) is 40.5 Å². The minimum atomic E-state index is -0.756. The van der Waals surface area contributed by atoms with Crippen molar-refractivity contribution in [2.45, 2.75) is 32.0 Å². The number of carboxylic acid groups (broad SMARTS) is 1. The zero-order valence-corrected chi connectivity index (χ0v) is 9.97. The van der Waals surface area contributed by atoms with Crippen molar-refractivity contribution >= 4 is 5.97 Å². The number of benzene rings is 1. The molecular weight excluding hydrogens is 214 g/mol. The second-order valence-electron chi connectivity index (χ2n) is 4.48. The highest BCUT2D eigenvalue weighted by Gasteiger charge is 2.32. The standard InChI is InChI=1S/C14H17NO2/c1-3-10(2)15-9-12-7-5-4-6-11(12)8-13(15)14(16)17/h3-7,10,13H,1,8-9H2,2H3,(H,16,17). The van der Waals surface area contributed by atoms with E-state index in [9.17, 15) is 9.90 Å². The van der Waals surface area contributed by atoms with Crippen LogP contribution in [0.25, 0.3) is 0 Å². The Bertz CT molecular complexity index is 442. The molecule has 0 radical (unpaired) electrons. The minimum absolute atomic E-state index is 0.0736. The van der Waals surface area contributed by atoms with E-state index in [1.165, 1.54) is 5.56 Å². The maximum Gasteiger partial charge on any atom is 0.321 e. The number of aliphatic carboxylic acids is 1. The molecule has 0 bridgehead atoms. The van der Waals surface area contributed by atoms with Gasteiger partial charge < -0.3 is 5.11 Å². The van der Waals surface area contributed by atoms with E-state index in [1.807, 2.05) is 30.0 Å². The van der Waals surface area contributed by atoms with Gasteiger partial charge in [-0.05, 0) is 24.5 Å². The monoisotopic (exact) mass is 231 g/mol. The summed E-state index contributed by atoms with van der Waals surface area (Å²) >= 11 is 0. The van der Waals surface area contributed by atoms with Crippen molar-refractivity contribution in [3.63, 3.8) is 0 Å². The first-order valence-corrected chi connectivity index (χ1v) is 5.81. The molecule has 1 aliphatic heterocycles. The van der Waals surface area contributed by atoms with Crippen LogP contribution in [0.15, 0.2) is 36.9 Å². The van der Waals surface area contributed by atoms with Gasteiger partial charge in [0.1, 0.15) is 6.04 Å². The summed E-state index contributed by atoms with van der Waals surface area (Å²) in [4.78, 5) is 13.3. The average Bonchev–Trinajstić information content (AvgIpc) is 2.36. The molecule has 0 spiro atoms. The highest BCUT2D eigenvalue weighted by molar-refractivity contribution is 5.74. The Kier molecular flexibility index (Phi) is 3.29. The van der Waals surface area contributed by atoms with Crippen LogP contribution in [0.3, 0.4) is 0 Å². The highest BCUT2D eigenvalue weighted by Crippen LogP contribution is 2.25. The summed E-state index contributed by atoms with van der Waals surface area (Å²) in [6, 6.07) is 7.67. The van der Waals surface area contributed by atoms with Gasteiger partial charge >= 0.3 is 5.97 Å². The summed E-state index contributed by atoms with van der Waals surface area (Å²) in [6.45, 7) is 6.41. The van der Waals surface area contributed by atoms with E-state index in [2.05, 4.69) is 12.6 Å². The van der Waals surface area contributed by atoms with Gasteiger partial charge in [0.05, 0.1) is 0 Å². The molecule has 1 aromatic carbocycles. The molecule has 2 rings (SSSR count). The third-order valence-corrected chi connectivity index (χ3v) is 3.43. The van der Waals surface area contributed by atoms with Crippen molar-refractivity contribution in [1.29, 1.82) is 0 Å².